The molecule has 24 nitrogen and oxygen atoms in total. The maximum absolute atomic E-state index is 14.3. The molecule has 0 spiro atoms. The van der Waals surface area contributed by atoms with Crippen LogP contribution in [0.2, 0.25) is 0 Å². The van der Waals surface area contributed by atoms with E-state index in [0.29, 0.717) is 18.8 Å². The van der Waals surface area contributed by atoms with Gasteiger partial charge in [0.15, 0.2) is 18.7 Å². The van der Waals surface area contributed by atoms with Crippen molar-refractivity contribution < 1.29 is 117 Å². The number of phosphoric acid groups is 1. The van der Waals surface area contributed by atoms with Crippen molar-refractivity contribution in [1.82, 2.24) is 0 Å². The molecular weight excluding hydrogens is 1300 g/mol. The molecule has 0 radical (unpaired) electrons. The van der Waals surface area contributed by atoms with E-state index in [-0.39, 0.29) is 12.8 Å². The third-order valence-electron chi connectivity index (χ3n) is 18.9. The van der Waals surface area contributed by atoms with E-state index < -0.39 is 156 Å². The predicted molar refractivity (Wildman–Crippen MR) is 374 cm³/mol. The summed E-state index contributed by atoms with van der Waals surface area (Å²) >= 11 is 0. The summed E-state index contributed by atoms with van der Waals surface area (Å²) in [5.74, 6) is -1.57. The average molecular weight is 1440 g/mol. The SMILES string of the molecule is CCCCCCCC/C=C\CCCCCC(=O)OCC1OC(OC2C(O)C(O)C(O)C(OC3OC(CO)C(O)C(O)C3O)C2OP(=O)(O)OCC(COC(=O)CCCCCCCCC(C)CCCCCCCC)OC(=O)/C=C/C=C/CCCCCCCCCCCCC)C(O)C(O)C1O. The van der Waals surface area contributed by atoms with Crippen LogP contribution in [0.1, 0.15) is 278 Å². The molecule has 0 aromatic rings. The lowest BCUT2D eigenvalue weighted by Crippen LogP contribution is -2.69. The smallest absolute Gasteiger partial charge is 0.463 e. The zero-order valence-electron chi connectivity index (χ0n) is 60.4. The van der Waals surface area contributed by atoms with Gasteiger partial charge in [0.1, 0.15) is 98.7 Å². The lowest BCUT2D eigenvalue weighted by Gasteiger charge is -2.49. The lowest BCUT2D eigenvalue weighted by molar-refractivity contribution is -0.360. The van der Waals surface area contributed by atoms with Gasteiger partial charge in [-0.2, -0.15) is 0 Å². The summed E-state index contributed by atoms with van der Waals surface area (Å²) in [4.78, 5) is 50.9. The number of rotatable bonds is 58. The highest BCUT2D eigenvalue weighted by atomic mass is 31.2. The Morgan fingerprint density at radius 1 is 0.444 bits per heavy atom. The molecule has 25 heteroatoms. The van der Waals surface area contributed by atoms with E-state index in [2.05, 4.69) is 39.8 Å². The summed E-state index contributed by atoms with van der Waals surface area (Å²) in [5.41, 5.74) is 0. The Hall–Kier alpha value is -2.82. The molecule has 2 heterocycles. The van der Waals surface area contributed by atoms with Crippen molar-refractivity contribution in [3.8, 4) is 0 Å². The number of hydrogen-bond donors (Lipinski definition) is 11. The third-order valence-corrected chi connectivity index (χ3v) is 19.9. The molecule has 99 heavy (non-hydrogen) atoms. The average Bonchev–Trinajstić information content (AvgIpc) is 0.762. The van der Waals surface area contributed by atoms with Gasteiger partial charge in [-0.05, 0) is 57.3 Å². The molecule has 0 aromatic carbocycles. The van der Waals surface area contributed by atoms with Gasteiger partial charge in [0.25, 0.3) is 0 Å². The minimum absolute atomic E-state index is 0.00370. The highest BCUT2D eigenvalue weighted by Gasteiger charge is 2.58. The zero-order chi connectivity index (χ0) is 72.6. The third kappa shape index (κ3) is 38.1. The molecular formula is C74H133O24P. The van der Waals surface area contributed by atoms with Crippen LogP contribution in [0.15, 0.2) is 36.5 Å². The van der Waals surface area contributed by atoms with Crippen LogP contribution in [0, 0.1) is 5.92 Å². The predicted octanol–water partition coefficient (Wildman–Crippen LogP) is 10.5. The fourth-order valence-electron chi connectivity index (χ4n) is 12.6. The van der Waals surface area contributed by atoms with Crippen LogP contribution in [0.4, 0.5) is 0 Å². The molecule has 3 fully saturated rings. The van der Waals surface area contributed by atoms with E-state index in [0.717, 1.165) is 96.0 Å². The molecule has 19 unspecified atom stereocenters. The first-order valence-electron chi connectivity index (χ1n) is 38.2. The molecule has 2 aliphatic heterocycles. The number of aliphatic hydroxyl groups excluding tert-OH is 10. The molecule has 1 saturated carbocycles. The largest absolute Gasteiger partial charge is 0.472 e. The Labute approximate surface area is 591 Å². The van der Waals surface area contributed by atoms with Crippen molar-refractivity contribution in [3.05, 3.63) is 36.5 Å². The van der Waals surface area contributed by atoms with Gasteiger partial charge in [0.2, 0.25) is 0 Å². The molecule has 3 rings (SSSR count). The maximum atomic E-state index is 14.3. The molecule has 2 saturated heterocycles. The van der Waals surface area contributed by atoms with Crippen molar-refractivity contribution in [2.24, 2.45) is 5.92 Å². The Balaban J connectivity index is 1.76. The second kappa shape index (κ2) is 54.7. The number of allylic oxidation sites excluding steroid dienone is 5. The summed E-state index contributed by atoms with van der Waals surface area (Å²) in [6.45, 7) is 5.64. The van der Waals surface area contributed by atoms with Crippen LogP contribution in [0.3, 0.4) is 0 Å². The first kappa shape index (κ1) is 90.4. The Morgan fingerprint density at radius 2 is 0.838 bits per heavy atom. The van der Waals surface area contributed by atoms with Crippen LogP contribution < -0.4 is 0 Å². The van der Waals surface area contributed by atoms with Crippen molar-refractivity contribution in [2.45, 2.75) is 382 Å². The molecule has 11 N–H and O–H groups in total. The minimum atomic E-state index is -5.73. The van der Waals surface area contributed by atoms with Gasteiger partial charge in [0.05, 0.1) is 13.2 Å². The van der Waals surface area contributed by atoms with Gasteiger partial charge in [-0.3, -0.25) is 18.6 Å². The van der Waals surface area contributed by atoms with Crippen molar-refractivity contribution >= 4 is 25.7 Å². The second-order valence-electron chi connectivity index (χ2n) is 27.7. The van der Waals surface area contributed by atoms with Gasteiger partial charge in [-0.1, -0.05) is 244 Å². The quantitative estimate of drug-likeness (QED) is 0.00512. The molecule has 0 bridgehead atoms. The number of carbonyl (C=O) groups excluding carboxylic acids is 3. The van der Waals surface area contributed by atoms with E-state index in [1.807, 2.05) is 6.08 Å². The Kier molecular flexibility index (Phi) is 50.0. The maximum Gasteiger partial charge on any atom is 0.472 e. The number of unbranched alkanes of at least 4 members (excludes halogenated alkanes) is 30. The second-order valence-corrected chi connectivity index (χ2v) is 29.1. The fraction of sp³-hybridized carbons (Fsp3) is 0.878. The number of carbonyl (C=O) groups is 3. The first-order chi connectivity index (χ1) is 47.7. The highest BCUT2D eigenvalue weighted by molar-refractivity contribution is 7.47. The van der Waals surface area contributed by atoms with Gasteiger partial charge in [0, 0.05) is 18.9 Å². The van der Waals surface area contributed by atoms with E-state index in [1.165, 1.54) is 141 Å². The number of ether oxygens (including phenoxy) is 7. The monoisotopic (exact) mass is 1440 g/mol. The molecule has 19 atom stereocenters. The first-order valence-corrected chi connectivity index (χ1v) is 39.7. The van der Waals surface area contributed by atoms with E-state index in [9.17, 15) is 74.9 Å². The summed E-state index contributed by atoms with van der Waals surface area (Å²) in [6, 6.07) is 0. The minimum Gasteiger partial charge on any atom is -0.463 e. The molecule has 0 aromatic heterocycles. The van der Waals surface area contributed by atoms with Crippen LogP contribution in [0.5, 0.6) is 0 Å². The highest BCUT2D eigenvalue weighted by Crippen LogP contribution is 2.49. The number of esters is 3. The van der Waals surface area contributed by atoms with Gasteiger partial charge >= 0.3 is 25.7 Å². The van der Waals surface area contributed by atoms with Crippen molar-refractivity contribution in [3.63, 3.8) is 0 Å². The van der Waals surface area contributed by atoms with Crippen LogP contribution in [-0.4, -0.2) is 204 Å². The fourth-order valence-corrected chi connectivity index (χ4v) is 13.5. The number of phosphoric ester groups is 1. The Bertz CT molecular complexity index is 2210. The topological polar surface area (TPSA) is 374 Å². The van der Waals surface area contributed by atoms with E-state index in [4.69, 9.17) is 42.2 Å². The zero-order valence-corrected chi connectivity index (χ0v) is 61.3. The summed E-state index contributed by atoms with van der Waals surface area (Å²) < 4.78 is 64.8. The molecule has 3 aliphatic rings. The summed E-state index contributed by atoms with van der Waals surface area (Å²) in [7, 11) is -5.73. The van der Waals surface area contributed by atoms with Crippen LogP contribution in [-0.2, 0) is 61.2 Å². The molecule has 1 aliphatic carbocycles. The van der Waals surface area contributed by atoms with Crippen LogP contribution >= 0.6 is 7.82 Å². The molecule has 578 valence electrons. The number of hydrogen-bond acceptors (Lipinski definition) is 23. The Morgan fingerprint density at radius 3 is 1.31 bits per heavy atom. The lowest BCUT2D eigenvalue weighted by atomic mass is 9.84. The van der Waals surface area contributed by atoms with E-state index >= 15 is 0 Å². The summed E-state index contributed by atoms with van der Waals surface area (Å²) in [6.07, 6.45) is 15.7. The van der Waals surface area contributed by atoms with Crippen molar-refractivity contribution in [2.75, 3.05) is 26.4 Å². The number of aliphatic hydroxyl groups is 10. The normalized spacial score (nSPS) is 28.0. The molecule has 0 amide bonds. The standard InChI is InChI=1S/C74H133O24P/c1-5-8-11-14-17-19-21-23-24-26-28-30-32-39-44-49-60(78)93-55(51-90-58(76)47-42-38-34-33-36-41-46-54(4)45-40-35-16-13-10-7-3)52-92-99(88,89)98-72-70(96-73-68(86)63(81)61(79)56(50-75)94-73)66(84)65(83)67(85)71(72)97-74-69(87)64(82)62(80)57(95-74)53-91-59(77)48-43-37-31-29-27-25-22-20-18-15-12-9-6-2/h25,27,32,39,44,49,54-57,61-75,79-87H,5-24,26,28-31,33-38,40-43,45-48,50-53H2,1-4H3,(H,88,89)/b27-25-,39-32+,49-44+. The van der Waals surface area contributed by atoms with Gasteiger partial charge in [-0.15, -0.1) is 0 Å². The van der Waals surface area contributed by atoms with Crippen molar-refractivity contribution in [1.29, 1.82) is 0 Å². The van der Waals surface area contributed by atoms with Gasteiger partial charge < -0.3 is 89.1 Å². The summed E-state index contributed by atoms with van der Waals surface area (Å²) in [5, 5.41) is 110. The van der Waals surface area contributed by atoms with Gasteiger partial charge in [-0.25, -0.2) is 9.36 Å². The van der Waals surface area contributed by atoms with Crippen LogP contribution in [0.25, 0.3) is 0 Å². The van der Waals surface area contributed by atoms with E-state index in [1.54, 1.807) is 6.08 Å².